The Morgan fingerprint density at radius 3 is 2.81 bits per heavy atom. The van der Waals surface area contributed by atoms with Crippen LogP contribution in [0.5, 0.6) is 0 Å². The second-order valence-corrected chi connectivity index (χ2v) is 3.58. The van der Waals surface area contributed by atoms with Gasteiger partial charge in [0.25, 0.3) is 0 Å². The molecule has 0 unspecified atom stereocenters. The molecule has 0 spiro atoms. The van der Waals surface area contributed by atoms with E-state index in [1.807, 2.05) is 19.9 Å². The van der Waals surface area contributed by atoms with Gasteiger partial charge in [0.2, 0.25) is 0 Å². The van der Waals surface area contributed by atoms with Gasteiger partial charge in [-0.05, 0) is 25.0 Å². The Morgan fingerprint density at radius 2 is 2.19 bits per heavy atom. The molecule has 2 N–H and O–H groups in total. The quantitative estimate of drug-likeness (QED) is 0.835. The third-order valence-corrected chi connectivity index (χ3v) is 2.28. The van der Waals surface area contributed by atoms with E-state index in [0.29, 0.717) is 23.6 Å². The first-order chi connectivity index (χ1) is 7.69. The van der Waals surface area contributed by atoms with Gasteiger partial charge in [-0.3, -0.25) is 5.10 Å². The lowest BCUT2D eigenvalue weighted by Gasteiger charge is -2.04. The largest absolute Gasteiger partial charge is 0.323 e. The summed E-state index contributed by atoms with van der Waals surface area (Å²) in [5.41, 5.74) is 1.60. The molecule has 2 aromatic heterocycles. The molecule has 16 heavy (non-hydrogen) atoms. The molecule has 2 aromatic rings. The molecule has 0 amide bonds. The van der Waals surface area contributed by atoms with Gasteiger partial charge in [0, 0.05) is 11.8 Å². The normalized spacial score (nSPS) is 10.4. The highest BCUT2D eigenvalue weighted by molar-refractivity contribution is 5.52. The van der Waals surface area contributed by atoms with Crippen LogP contribution in [-0.4, -0.2) is 15.2 Å². The molecule has 0 saturated carbocycles. The maximum Gasteiger partial charge on any atom is 0.153 e. The van der Waals surface area contributed by atoms with E-state index < -0.39 is 0 Å². The minimum Gasteiger partial charge on any atom is -0.323 e. The van der Waals surface area contributed by atoms with E-state index >= 15 is 0 Å². The van der Waals surface area contributed by atoms with E-state index in [0.717, 1.165) is 5.69 Å². The first kappa shape index (κ1) is 10.6. The van der Waals surface area contributed by atoms with Gasteiger partial charge in [0.15, 0.2) is 5.82 Å². The minimum atomic E-state index is -0.272. The molecule has 0 radical (unpaired) electrons. The number of halogens is 1. The lowest BCUT2D eigenvalue weighted by molar-refractivity contribution is 0.606. The fourth-order valence-electron chi connectivity index (χ4n) is 1.43. The molecule has 0 atom stereocenters. The molecule has 0 saturated heterocycles. The third-order valence-electron chi connectivity index (χ3n) is 2.28. The Hall–Kier alpha value is -1.91. The van der Waals surface area contributed by atoms with Crippen LogP contribution in [0.3, 0.4) is 0 Å². The lowest BCUT2D eigenvalue weighted by Crippen LogP contribution is -1.97. The minimum absolute atomic E-state index is 0.272. The third kappa shape index (κ3) is 2.18. The molecular weight excluding hydrogens is 207 g/mol. The molecule has 5 heteroatoms. The number of aromatic amines is 1. The van der Waals surface area contributed by atoms with E-state index in [2.05, 4.69) is 20.5 Å². The molecule has 0 aliphatic heterocycles. The van der Waals surface area contributed by atoms with Crippen LogP contribution in [-0.2, 0) is 6.42 Å². The Balaban J connectivity index is 2.21. The first-order valence-corrected chi connectivity index (χ1v) is 5.12. The number of aromatic nitrogens is 3. The monoisotopic (exact) mass is 220 g/mol. The summed E-state index contributed by atoms with van der Waals surface area (Å²) >= 11 is 0. The molecular formula is C11H13FN4. The molecule has 2 rings (SSSR count). The number of nitrogens with zero attached hydrogens (tertiary/aromatic N) is 2. The topological polar surface area (TPSA) is 53.6 Å². The van der Waals surface area contributed by atoms with E-state index in [4.69, 9.17) is 0 Å². The predicted molar refractivity (Wildman–Crippen MR) is 60.2 cm³/mol. The Bertz CT molecular complexity index is 492. The fourth-order valence-corrected chi connectivity index (χ4v) is 1.43. The predicted octanol–water partition coefficient (Wildman–Crippen LogP) is 2.56. The van der Waals surface area contributed by atoms with Crippen molar-refractivity contribution in [1.29, 1.82) is 0 Å². The summed E-state index contributed by atoms with van der Waals surface area (Å²) in [6.07, 6.45) is 1.86. The second-order valence-electron chi connectivity index (χ2n) is 3.58. The SMILES string of the molecule is CCc1cc(Nc2cc(C)[nH]n2)ncc1F. The zero-order valence-electron chi connectivity index (χ0n) is 9.21. The number of pyridine rings is 1. The van der Waals surface area contributed by atoms with Crippen molar-refractivity contribution in [2.75, 3.05) is 5.32 Å². The number of nitrogens with one attached hydrogen (secondary N) is 2. The van der Waals surface area contributed by atoms with Crippen LogP contribution in [0.4, 0.5) is 16.0 Å². The van der Waals surface area contributed by atoms with Gasteiger partial charge in [0.1, 0.15) is 11.6 Å². The lowest BCUT2D eigenvalue weighted by atomic mass is 10.2. The summed E-state index contributed by atoms with van der Waals surface area (Å²) in [5, 5.41) is 9.84. The Kier molecular flexibility index (Phi) is 2.85. The van der Waals surface area contributed by atoms with Crippen LogP contribution in [0, 0.1) is 12.7 Å². The summed E-state index contributed by atoms with van der Waals surface area (Å²) in [6.45, 7) is 3.81. The smallest absolute Gasteiger partial charge is 0.153 e. The summed E-state index contributed by atoms with van der Waals surface area (Å²) < 4.78 is 13.2. The van der Waals surface area contributed by atoms with Gasteiger partial charge in [0.05, 0.1) is 6.20 Å². The van der Waals surface area contributed by atoms with Crippen molar-refractivity contribution in [2.24, 2.45) is 0 Å². The average molecular weight is 220 g/mol. The van der Waals surface area contributed by atoms with Crippen LogP contribution in [0.1, 0.15) is 18.2 Å². The maximum atomic E-state index is 13.2. The molecule has 0 aromatic carbocycles. The van der Waals surface area contributed by atoms with Crippen molar-refractivity contribution in [3.05, 3.63) is 35.4 Å². The summed E-state index contributed by atoms with van der Waals surface area (Å²) in [6, 6.07) is 3.55. The molecule has 2 heterocycles. The van der Waals surface area contributed by atoms with E-state index in [-0.39, 0.29) is 5.82 Å². The summed E-state index contributed by atoms with van der Waals surface area (Å²) in [5.74, 6) is 1.01. The van der Waals surface area contributed by atoms with E-state index in [9.17, 15) is 4.39 Å². The number of anilines is 2. The average Bonchev–Trinajstić information content (AvgIpc) is 2.67. The number of hydrogen-bond acceptors (Lipinski definition) is 3. The van der Waals surface area contributed by atoms with Crippen LogP contribution < -0.4 is 5.32 Å². The standard InChI is InChI=1S/C11H13FN4/c1-3-8-5-10(13-6-9(8)12)14-11-4-7(2)15-16-11/h4-6H,3H2,1-2H3,(H2,13,14,15,16). The number of hydrogen-bond donors (Lipinski definition) is 2. The Morgan fingerprint density at radius 1 is 1.38 bits per heavy atom. The zero-order chi connectivity index (χ0) is 11.5. The number of rotatable bonds is 3. The molecule has 4 nitrogen and oxygen atoms in total. The van der Waals surface area contributed by atoms with Crippen LogP contribution in [0.2, 0.25) is 0 Å². The fraction of sp³-hybridized carbons (Fsp3) is 0.273. The van der Waals surface area contributed by atoms with Gasteiger partial charge in [-0.2, -0.15) is 5.10 Å². The van der Waals surface area contributed by atoms with Crippen molar-refractivity contribution in [3.63, 3.8) is 0 Å². The molecule has 0 aliphatic carbocycles. The van der Waals surface area contributed by atoms with Crippen LogP contribution >= 0.6 is 0 Å². The van der Waals surface area contributed by atoms with Crippen LogP contribution in [0.25, 0.3) is 0 Å². The molecule has 0 bridgehead atoms. The summed E-state index contributed by atoms with van der Waals surface area (Å²) in [7, 11) is 0. The Labute approximate surface area is 92.9 Å². The number of H-pyrrole nitrogens is 1. The van der Waals surface area contributed by atoms with Crippen molar-refractivity contribution in [2.45, 2.75) is 20.3 Å². The van der Waals surface area contributed by atoms with Gasteiger partial charge in [-0.25, -0.2) is 9.37 Å². The first-order valence-electron chi connectivity index (χ1n) is 5.12. The van der Waals surface area contributed by atoms with Gasteiger partial charge in [-0.1, -0.05) is 6.92 Å². The number of aryl methyl sites for hydroxylation is 2. The highest BCUT2D eigenvalue weighted by atomic mass is 19.1. The van der Waals surface area contributed by atoms with Crippen molar-refractivity contribution < 1.29 is 4.39 Å². The maximum absolute atomic E-state index is 13.2. The second kappa shape index (κ2) is 4.30. The molecule has 0 fully saturated rings. The van der Waals surface area contributed by atoms with Crippen molar-refractivity contribution in [3.8, 4) is 0 Å². The van der Waals surface area contributed by atoms with E-state index in [1.165, 1.54) is 6.20 Å². The highest BCUT2D eigenvalue weighted by Crippen LogP contribution is 2.16. The van der Waals surface area contributed by atoms with Gasteiger partial charge >= 0.3 is 0 Å². The van der Waals surface area contributed by atoms with Crippen molar-refractivity contribution >= 4 is 11.6 Å². The van der Waals surface area contributed by atoms with Crippen molar-refractivity contribution in [1.82, 2.24) is 15.2 Å². The molecule has 84 valence electrons. The zero-order valence-corrected chi connectivity index (χ0v) is 9.21. The van der Waals surface area contributed by atoms with Gasteiger partial charge < -0.3 is 5.32 Å². The summed E-state index contributed by atoms with van der Waals surface area (Å²) in [4.78, 5) is 3.95. The van der Waals surface area contributed by atoms with E-state index in [1.54, 1.807) is 6.07 Å². The van der Waals surface area contributed by atoms with Crippen LogP contribution in [0.15, 0.2) is 18.3 Å². The van der Waals surface area contributed by atoms with Gasteiger partial charge in [-0.15, -0.1) is 0 Å². The molecule has 0 aliphatic rings. The highest BCUT2D eigenvalue weighted by Gasteiger charge is 2.04.